The monoisotopic (exact) mass is 559 g/mol. The lowest BCUT2D eigenvalue weighted by atomic mass is 10.0. The van der Waals surface area contributed by atoms with E-state index in [0.717, 1.165) is 27.6 Å². The molecule has 0 aliphatic heterocycles. The van der Waals surface area contributed by atoms with E-state index in [9.17, 15) is 29.4 Å². The summed E-state index contributed by atoms with van der Waals surface area (Å²) in [7, 11) is 0. The van der Waals surface area contributed by atoms with Gasteiger partial charge in [0.15, 0.2) is 0 Å². The number of aromatic amines is 1. The van der Waals surface area contributed by atoms with Crippen LogP contribution in [0.15, 0.2) is 85.1 Å². The largest absolute Gasteiger partial charge is 0.481 e. The van der Waals surface area contributed by atoms with Gasteiger partial charge in [0.2, 0.25) is 11.8 Å². The van der Waals surface area contributed by atoms with Crippen molar-refractivity contribution < 1.29 is 29.4 Å². The molecule has 2 amide bonds. The van der Waals surface area contributed by atoms with Crippen LogP contribution in [0.2, 0.25) is 0 Å². The van der Waals surface area contributed by atoms with Crippen molar-refractivity contribution in [3.63, 3.8) is 0 Å². The lowest BCUT2D eigenvalue weighted by molar-refractivity contribution is -0.143. The molecule has 4 aromatic rings. The summed E-state index contributed by atoms with van der Waals surface area (Å²) in [4.78, 5) is 52.3. The molecule has 1 heterocycles. The molecule has 3 atom stereocenters. The Balaban J connectivity index is 1.40. The number of H-pyrrole nitrogens is 1. The van der Waals surface area contributed by atoms with Gasteiger partial charge in [-0.1, -0.05) is 72.8 Å². The number of para-hydroxylation sites is 1. The first-order valence-corrected chi connectivity index (χ1v) is 13.2. The molecule has 0 fully saturated rings. The minimum atomic E-state index is -1.48. The van der Waals surface area contributed by atoms with Crippen LogP contribution in [0.3, 0.4) is 0 Å². The summed E-state index contributed by atoms with van der Waals surface area (Å²) < 4.78 is 0. The summed E-state index contributed by atoms with van der Waals surface area (Å²) in [5.41, 5.74) is 4.40. The first-order chi connectivity index (χ1) is 19.2. The number of carboxylic acids is 2. The molecule has 0 bridgehead atoms. The summed E-state index contributed by atoms with van der Waals surface area (Å²) in [5.74, 6) is -4.16. The van der Waals surface area contributed by atoms with Crippen molar-refractivity contribution in [1.29, 1.82) is 0 Å². The Morgan fingerprint density at radius 2 is 1.38 bits per heavy atom. The van der Waals surface area contributed by atoms with Crippen molar-refractivity contribution in [3.8, 4) is 11.1 Å². The van der Waals surface area contributed by atoms with E-state index in [4.69, 9.17) is 0 Å². The van der Waals surface area contributed by atoms with Crippen molar-refractivity contribution in [3.05, 3.63) is 96.2 Å². The number of carbonyl (C=O) groups excluding carboxylic acids is 2. The Labute approximate surface area is 236 Å². The van der Waals surface area contributed by atoms with Crippen molar-refractivity contribution in [2.75, 3.05) is 0 Å². The number of hydrogen-bond acceptors (Lipinski definition) is 5. The maximum absolute atomic E-state index is 13.0. The minimum absolute atomic E-state index is 0.0347. The Morgan fingerprint density at radius 1 is 0.750 bits per heavy atom. The number of rotatable bonds is 12. The molecule has 40 heavy (non-hydrogen) atoms. The molecule has 1 aromatic heterocycles. The van der Waals surface area contributed by atoms with Crippen LogP contribution in [0.5, 0.6) is 0 Å². The summed E-state index contributed by atoms with van der Waals surface area (Å²) in [6.45, 7) is 0. The smallest absolute Gasteiger partial charge is 0.326 e. The Kier molecular flexibility index (Phi) is 9.23. The number of hydrogen-bond donors (Lipinski definition) is 6. The third-order valence-corrected chi connectivity index (χ3v) is 6.94. The van der Waals surface area contributed by atoms with Crippen molar-refractivity contribution >= 4 is 47.3 Å². The first kappa shape index (κ1) is 28.4. The molecular weight excluding hydrogens is 530 g/mol. The van der Waals surface area contributed by atoms with Crippen LogP contribution in [0.25, 0.3) is 22.0 Å². The molecule has 0 aliphatic rings. The van der Waals surface area contributed by atoms with Crippen LogP contribution in [0, 0.1) is 0 Å². The third-order valence-electron chi connectivity index (χ3n) is 6.52. The van der Waals surface area contributed by atoms with Gasteiger partial charge in [0, 0.05) is 23.5 Å². The Bertz CT molecular complexity index is 1500. The van der Waals surface area contributed by atoms with E-state index in [2.05, 4.69) is 28.2 Å². The third kappa shape index (κ3) is 7.29. The maximum Gasteiger partial charge on any atom is 0.326 e. The van der Waals surface area contributed by atoms with Crippen LogP contribution in [-0.2, 0) is 32.0 Å². The predicted molar refractivity (Wildman–Crippen MR) is 154 cm³/mol. The second-order valence-corrected chi connectivity index (χ2v) is 10.0. The molecule has 3 aromatic carbocycles. The zero-order valence-electron chi connectivity index (χ0n) is 21.4. The summed E-state index contributed by atoms with van der Waals surface area (Å²) in [6, 6.07) is 22.0. The zero-order chi connectivity index (χ0) is 28.6. The lowest BCUT2D eigenvalue weighted by Crippen LogP contribution is -2.54. The van der Waals surface area contributed by atoms with Gasteiger partial charge in [0.1, 0.15) is 12.1 Å². The van der Waals surface area contributed by atoms with Crippen LogP contribution in [-0.4, -0.2) is 56.3 Å². The van der Waals surface area contributed by atoms with E-state index in [1.54, 1.807) is 6.20 Å². The average Bonchev–Trinajstić information content (AvgIpc) is 3.35. The normalized spacial score (nSPS) is 13.2. The van der Waals surface area contributed by atoms with Gasteiger partial charge < -0.3 is 25.8 Å². The molecule has 4 rings (SSSR count). The molecule has 0 saturated carbocycles. The van der Waals surface area contributed by atoms with E-state index < -0.39 is 47.5 Å². The van der Waals surface area contributed by atoms with Gasteiger partial charge in [0.05, 0.1) is 11.7 Å². The molecule has 206 valence electrons. The van der Waals surface area contributed by atoms with Crippen LogP contribution >= 0.6 is 12.6 Å². The van der Waals surface area contributed by atoms with E-state index in [0.29, 0.717) is 5.56 Å². The number of thiol groups is 1. The quantitative estimate of drug-likeness (QED) is 0.147. The SMILES string of the molecule is O=C(O)C[C@H](NC(=O)[C@@H](S)Cc1ccc(-c2ccccc2)cc1)C(=O)N[C@@H](Cc1c[nH]c2ccccc12)C(=O)O. The number of carbonyl (C=O) groups is 4. The Hall–Kier alpha value is -4.57. The molecule has 5 N–H and O–H groups in total. The second-order valence-electron chi connectivity index (χ2n) is 9.40. The maximum atomic E-state index is 13.0. The van der Waals surface area contributed by atoms with Gasteiger partial charge in [-0.3, -0.25) is 14.4 Å². The molecular formula is C30H29N3O6S. The molecule has 10 heteroatoms. The molecule has 0 radical (unpaired) electrons. The van der Waals surface area contributed by atoms with Crippen molar-refractivity contribution in [2.45, 2.75) is 36.6 Å². The highest BCUT2D eigenvalue weighted by Crippen LogP contribution is 2.21. The standard InChI is InChI=1S/C30H29N3O6S/c34-27(35)16-24(28(36)33-25(30(38)39)15-21-17-31-23-9-5-4-8-22(21)23)32-29(37)26(40)14-18-10-12-20(13-11-18)19-6-2-1-3-7-19/h1-13,17,24-26,31,40H,14-16H2,(H,32,37)(H,33,36)(H,34,35)(H,38,39)/t24-,25-,26-/m0/s1. The highest BCUT2D eigenvalue weighted by atomic mass is 32.1. The Morgan fingerprint density at radius 3 is 2.05 bits per heavy atom. The van der Waals surface area contributed by atoms with Gasteiger partial charge in [-0.15, -0.1) is 0 Å². The topological polar surface area (TPSA) is 149 Å². The first-order valence-electron chi connectivity index (χ1n) is 12.6. The van der Waals surface area contributed by atoms with Crippen LogP contribution < -0.4 is 10.6 Å². The highest BCUT2D eigenvalue weighted by Gasteiger charge is 2.30. The number of aromatic nitrogens is 1. The average molecular weight is 560 g/mol. The summed E-state index contributed by atoms with van der Waals surface area (Å²) >= 11 is 4.37. The van der Waals surface area contributed by atoms with E-state index >= 15 is 0 Å². The number of fused-ring (bicyclic) bond motifs is 1. The minimum Gasteiger partial charge on any atom is -0.481 e. The van der Waals surface area contributed by atoms with E-state index in [1.807, 2.05) is 78.9 Å². The number of carboxylic acid groups (broad SMARTS) is 2. The van der Waals surface area contributed by atoms with Crippen molar-refractivity contribution in [2.24, 2.45) is 0 Å². The van der Waals surface area contributed by atoms with Crippen LogP contribution in [0.4, 0.5) is 0 Å². The molecule has 0 saturated heterocycles. The van der Waals surface area contributed by atoms with Gasteiger partial charge in [0.25, 0.3) is 0 Å². The van der Waals surface area contributed by atoms with E-state index in [1.165, 1.54) is 0 Å². The van der Waals surface area contributed by atoms with Gasteiger partial charge >= 0.3 is 11.9 Å². The van der Waals surface area contributed by atoms with Gasteiger partial charge in [-0.2, -0.15) is 12.6 Å². The molecule has 0 unspecified atom stereocenters. The highest BCUT2D eigenvalue weighted by molar-refractivity contribution is 7.81. The van der Waals surface area contributed by atoms with Gasteiger partial charge in [-0.05, 0) is 34.7 Å². The zero-order valence-corrected chi connectivity index (χ0v) is 22.3. The van der Waals surface area contributed by atoms with Gasteiger partial charge in [-0.25, -0.2) is 4.79 Å². The lowest BCUT2D eigenvalue weighted by Gasteiger charge is -2.22. The molecule has 0 spiro atoms. The van der Waals surface area contributed by atoms with Crippen molar-refractivity contribution in [1.82, 2.24) is 15.6 Å². The number of benzene rings is 3. The van der Waals surface area contributed by atoms with Crippen LogP contribution in [0.1, 0.15) is 17.5 Å². The second kappa shape index (κ2) is 13.0. The number of amides is 2. The fraction of sp³-hybridized carbons (Fsp3) is 0.200. The molecule has 9 nitrogen and oxygen atoms in total. The summed E-state index contributed by atoms with van der Waals surface area (Å²) in [6.07, 6.45) is 1.15. The van der Waals surface area contributed by atoms with E-state index in [-0.39, 0.29) is 12.8 Å². The fourth-order valence-corrected chi connectivity index (χ4v) is 4.71. The number of aliphatic carboxylic acids is 2. The number of nitrogens with one attached hydrogen (secondary N) is 3. The fourth-order valence-electron chi connectivity index (χ4n) is 4.42. The summed E-state index contributed by atoms with van der Waals surface area (Å²) in [5, 5.41) is 23.8. The predicted octanol–water partition coefficient (Wildman–Crippen LogP) is 3.45. The molecule has 0 aliphatic carbocycles.